The highest BCUT2D eigenvalue weighted by Crippen LogP contribution is 2.13. The van der Waals surface area contributed by atoms with E-state index in [1.54, 1.807) is 6.92 Å². The van der Waals surface area contributed by atoms with Crippen LogP contribution in [0.2, 0.25) is 0 Å². The van der Waals surface area contributed by atoms with Crippen molar-refractivity contribution in [2.24, 2.45) is 0 Å². The number of carboxylic acids is 1. The SMILES string of the molecule is CC(O)CCC(O)CCC(O)CCC(O)CC(=O)O. The number of carbonyl (C=O) groups is 1. The minimum absolute atomic E-state index is 0.233. The average Bonchev–Trinajstić information content (AvgIpc) is 2.30. The molecule has 4 unspecified atom stereocenters. The van der Waals surface area contributed by atoms with Gasteiger partial charge in [0.2, 0.25) is 0 Å². The van der Waals surface area contributed by atoms with Gasteiger partial charge in [-0.3, -0.25) is 4.79 Å². The molecule has 0 fully saturated rings. The van der Waals surface area contributed by atoms with Gasteiger partial charge in [-0.15, -0.1) is 0 Å². The highest BCUT2D eigenvalue weighted by molar-refractivity contribution is 5.67. The van der Waals surface area contributed by atoms with Crippen molar-refractivity contribution >= 4 is 5.97 Å². The monoisotopic (exact) mass is 278 g/mol. The number of aliphatic carboxylic acids is 1. The molecule has 0 saturated carbocycles. The van der Waals surface area contributed by atoms with Crippen molar-refractivity contribution in [1.29, 1.82) is 0 Å². The van der Waals surface area contributed by atoms with Gasteiger partial charge in [-0.1, -0.05) is 0 Å². The highest BCUT2D eigenvalue weighted by Gasteiger charge is 2.14. The van der Waals surface area contributed by atoms with Crippen LogP contribution in [0, 0.1) is 0 Å². The Balaban J connectivity index is 3.63. The van der Waals surface area contributed by atoms with E-state index < -0.39 is 30.4 Å². The van der Waals surface area contributed by atoms with Crippen molar-refractivity contribution in [3.8, 4) is 0 Å². The summed E-state index contributed by atoms with van der Waals surface area (Å²) in [5.41, 5.74) is 0. The second kappa shape index (κ2) is 10.1. The summed E-state index contributed by atoms with van der Waals surface area (Å²) < 4.78 is 0. The second-order valence-corrected chi connectivity index (χ2v) is 5.14. The summed E-state index contributed by atoms with van der Waals surface area (Å²) in [5.74, 6) is -1.06. The van der Waals surface area contributed by atoms with Gasteiger partial charge in [-0.2, -0.15) is 0 Å². The summed E-state index contributed by atoms with van der Waals surface area (Å²) in [4.78, 5) is 10.3. The number of hydrogen-bond acceptors (Lipinski definition) is 5. The van der Waals surface area contributed by atoms with Crippen LogP contribution in [0.3, 0.4) is 0 Å². The zero-order chi connectivity index (χ0) is 14.8. The van der Waals surface area contributed by atoms with Crippen LogP contribution >= 0.6 is 0 Å². The van der Waals surface area contributed by atoms with E-state index in [0.29, 0.717) is 32.1 Å². The molecule has 19 heavy (non-hydrogen) atoms. The van der Waals surface area contributed by atoms with Crippen molar-refractivity contribution < 1.29 is 30.3 Å². The summed E-state index contributed by atoms with van der Waals surface area (Å²) in [6.45, 7) is 1.66. The molecule has 0 radical (unpaired) electrons. The molecule has 0 aliphatic carbocycles. The molecule has 6 nitrogen and oxygen atoms in total. The molecule has 0 amide bonds. The normalized spacial score (nSPS) is 17.7. The summed E-state index contributed by atoms with van der Waals surface area (Å²) in [6.07, 6.45) is -0.487. The minimum atomic E-state index is -1.06. The number of aliphatic hydroxyl groups is 4. The van der Waals surface area contributed by atoms with Gasteiger partial charge >= 0.3 is 5.97 Å². The second-order valence-electron chi connectivity index (χ2n) is 5.14. The van der Waals surface area contributed by atoms with Crippen molar-refractivity contribution in [3.05, 3.63) is 0 Å². The van der Waals surface area contributed by atoms with Gasteiger partial charge in [-0.05, 0) is 45.4 Å². The number of hydrogen-bond donors (Lipinski definition) is 5. The van der Waals surface area contributed by atoms with Crippen LogP contribution in [-0.4, -0.2) is 55.9 Å². The van der Waals surface area contributed by atoms with Gasteiger partial charge in [0, 0.05) is 0 Å². The maximum Gasteiger partial charge on any atom is 0.305 e. The largest absolute Gasteiger partial charge is 0.481 e. The van der Waals surface area contributed by atoms with Gasteiger partial charge < -0.3 is 25.5 Å². The molecule has 0 rings (SSSR count). The molecule has 0 saturated heterocycles. The van der Waals surface area contributed by atoms with Crippen LogP contribution in [-0.2, 0) is 4.79 Å². The summed E-state index contributed by atoms with van der Waals surface area (Å²) in [7, 11) is 0. The third-order valence-electron chi connectivity index (χ3n) is 2.99. The van der Waals surface area contributed by atoms with Crippen LogP contribution in [0.4, 0.5) is 0 Å². The Hall–Kier alpha value is -0.690. The smallest absolute Gasteiger partial charge is 0.305 e. The molecular weight excluding hydrogens is 252 g/mol. The van der Waals surface area contributed by atoms with Gasteiger partial charge in [-0.25, -0.2) is 0 Å². The molecule has 0 aromatic carbocycles. The fourth-order valence-electron chi connectivity index (χ4n) is 1.80. The zero-order valence-corrected chi connectivity index (χ0v) is 11.4. The number of rotatable bonds is 11. The fraction of sp³-hybridized carbons (Fsp3) is 0.923. The summed E-state index contributed by atoms with van der Waals surface area (Å²) in [6, 6.07) is 0. The molecule has 0 bridgehead atoms. The number of aliphatic hydroxyl groups excluding tert-OH is 4. The maximum absolute atomic E-state index is 10.3. The van der Waals surface area contributed by atoms with Crippen LogP contribution in [0.5, 0.6) is 0 Å². The molecule has 114 valence electrons. The lowest BCUT2D eigenvalue weighted by atomic mass is 10.0. The van der Waals surface area contributed by atoms with E-state index in [-0.39, 0.29) is 12.8 Å². The lowest BCUT2D eigenvalue weighted by Gasteiger charge is -2.16. The Morgan fingerprint density at radius 1 is 0.789 bits per heavy atom. The fourth-order valence-corrected chi connectivity index (χ4v) is 1.80. The van der Waals surface area contributed by atoms with Gasteiger partial charge in [0.05, 0.1) is 30.8 Å². The Kier molecular flexibility index (Phi) is 9.77. The standard InChI is InChI=1S/C13H26O6/c1-9(14)2-3-10(15)4-5-11(16)6-7-12(17)8-13(18)19/h9-12,14-17H,2-8H2,1H3,(H,18,19). The van der Waals surface area contributed by atoms with Gasteiger partial charge in [0.1, 0.15) is 0 Å². The van der Waals surface area contributed by atoms with E-state index in [0.717, 1.165) is 0 Å². The first kappa shape index (κ1) is 18.3. The molecule has 6 heteroatoms. The Bertz CT molecular complexity index is 243. The number of carboxylic acid groups (broad SMARTS) is 1. The molecule has 0 aliphatic rings. The van der Waals surface area contributed by atoms with Crippen molar-refractivity contribution in [2.45, 2.75) is 76.3 Å². The Morgan fingerprint density at radius 2 is 1.16 bits per heavy atom. The maximum atomic E-state index is 10.3. The Labute approximate surface area is 113 Å². The van der Waals surface area contributed by atoms with Crippen molar-refractivity contribution in [1.82, 2.24) is 0 Å². The van der Waals surface area contributed by atoms with Crippen LogP contribution in [0.1, 0.15) is 51.9 Å². The van der Waals surface area contributed by atoms with E-state index in [1.165, 1.54) is 0 Å². The molecule has 0 spiro atoms. The zero-order valence-electron chi connectivity index (χ0n) is 11.4. The third kappa shape index (κ3) is 12.1. The molecule has 4 atom stereocenters. The van der Waals surface area contributed by atoms with Crippen molar-refractivity contribution in [3.63, 3.8) is 0 Å². The van der Waals surface area contributed by atoms with Gasteiger partial charge in [0.25, 0.3) is 0 Å². The summed E-state index contributed by atoms with van der Waals surface area (Å²) in [5, 5.41) is 46.1. The first-order chi connectivity index (χ1) is 8.81. The van der Waals surface area contributed by atoms with Crippen LogP contribution < -0.4 is 0 Å². The Morgan fingerprint density at radius 3 is 1.53 bits per heavy atom. The average molecular weight is 278 g/mol. The summed E-state index contributed by atoms with van der Waals surface area (Å²) >= 11 is 0. The lowest BCUT2D eigenvalue weighted by molar-refractivity contribution is -0.139. The van der Waals surface area contributed by atoms with E-state index in [9.17, 15) is 20.1 Å². The lowest BCUT2D eigenvalue weighted by Crippen LogP contribution is -2.18. The predicted octanol–water partition coefficient (Wildman–Crippen LogP) is 0.265. The van der Waals surface area contributed by atoms with Crippen LogP contribution in [0.25, 0.3) is 0 Å². The highest BCUT2D eigenvalue weighted by atomic mass is 16.4. The van der Waals surface area contributed by atoms with E-state index in [4.69, 9.17) is 10.2 Å². The molecule has 0 aromatic heterocycles. The topological polar surface area (TPSA) is 118 Å². The van der Waals surface area contributed by atoms with E-state index in [2.05, 4.69) is 0 Å². The van der Waals surface area contributed by atoms with Gasteiger partial charge in [0.15, 0.2) is 0 Å². The molecule has 5 N–H and O–H groups in total. The van der Waals surface area contributed by atoms with Crippen LogP contribution in [0.15, 0.2) is 0 Å². The van der Waals surface area contributed by atoms with Crippen molar-refractivity contribution in [2.75, 3.05) is 0 Å². The molecule has 0 aromatic rings. The van der Waals surface area contributed by atoms with E-state index >= 15 is 0 Å². The first-order valence-corrected chi connectivity index (χ1v) is 6.75. The third-order valence-corrected chi connectivity index (χ3v) is 2.99. The quantitative estimate of drug-likeness (QED) is 0.370. The minimum Gasteiger partial charge on any atom is -0.481 e. The molecule has 0 heterocycles. The molecular formula is C13H26O6. The predicted molar refractivity (Wildman–Crippen MR) is 69.7 cm³/mol. The first-order valence-electron chi connectivity index (χ1n) is 6.75. The van der Waals surface area contributed by atoms with E-state index in [1.807, 2.05) is 0 Å². The molecule has 0 aliphatic heterocycles.